The van der Waals surface area contributed by atoms with E-state index in [-0.39, 0.29) is 11.7 Å². The molecule has 0 bridgehead atoms. The van der Waals surface area contributed by atoms with E-state index in [0.717, 1.165) is 30.2 Å². The van der Waals surface area contributed by atoms with Gasteiger partial charge in [-0.2, -0.15) is 5.10 Å². The molecule has 29 heavy (non-hydrogen) atoms. The molecule has 1 saturated heterocycles. The van der Waals surface area contributed by atoms with E-state index in [1.54, 1.807) is 23.7 Å². The van der Waals surface area contributed by atoms with Crippen LogP contribution in [-0.4, -0.2) is 28.8 Å². The van der Waals surface area contributed by atoms with Crippen molar-refractivity contribution in [2.45, 2.75) is 33.1 Å². The van der Waals surface area contributed by atoms with Crippen LogP contribution in [-0.2, 0) is 0 Å². The first-order chi connectivity index (χ1) is 14.0. The molecule has 0 atom stereocenters. The Balaban J connectivity index is 1.52. The average molecular weight is 392 g/mol. The van der Waals surface area contributed by atoms with Gasteiger partial charge in [-0.05, 0) is 81.6 Å². The number of carbonyl (C=O) groups excluding carboxylic acids is 1. The molecule has 1 N–H and O–H groups in total. The number of anilines is 2. The predicted octanol–water partition coefficient (Wildman–Crippen LogP) is 4.87. The van der Waals surface area contributed by atoms with Crippen molar-refractivity contribution in [2.24, 2.45) is 0 Å². The molecule has 1 aliphatic rings. The number of hydrogen-bond donors (Lipinski definition) is 1. The number of halogens is 1. The van der Waals surface area contributed by atoms with Crippen molar-refractivity contribution in [1.82, 2.24) is 9.78 Å². The molecule has 6 heteroatoms. The Morgan fingerprint density at radius 3 is 2.21 bits per heavy atom. The normalized spacial score (nSPS) is 14.1. The van der Waals surface area contributed by atoms with E-state index in [4.69, 9.17) is 0 Å². The third-order valence-corrected chi connectivity index (χ3v) is 5.44. The molecular formula is C23H25FN4O. The van der Waals surface area contributed by atoms with Crippen molar-refractivity contribution < 1.29 is 9.18 Å². The smallest absolute Gasteiger partial charge is 0.259 e. The van der Waals surface area contributed by atoms with Crippen LogP contribution in [0, 0.1) is 19.7 Å². The molecule has 4 rings (SSSR count). The number of nitrogens with zero attached hydrogens (tertiary/aromatic N) is 3. The number of hydrogen-bond acceptors (Lipinski definition) is 3. The predicted molar refractivity (Wildman–Crippen MR) is 113 cm³/mol. The van der Waals surface area contributed by atoms with Crippen LogP contribution in [0.25, 0.3) is 5.69 Å². The second-order valence-corrected chi connectivity index (χ2v) is 7.48. The molecule has 0 spiro atoms. The fourth-order valence-electron chi connectivity index (χ4n) is 3.91. The maximum absolute atomic E-state index is 13.2. The Bertz CT molecular complexity index is 1000. The lowest BCUT2D eigenvalue weighted by molar-refractivity contribution is 0.102. The standard InChI is InChI=1S/C23H25FN4O/c1-16-22(17(2)28(26-16)21-10-6-18(24)7-11-21)23(29)25-19-8-12-20(13-9-19)27-14-4-3-5-15-27/h6-13H,3-5,14-15H2,1-2H3,(H,25,29). The average Bonchev–Trinajstić information content (AvgIpc) is 3.04. The zero-order valence-corrected chi connectivity index (χ0v) is 16.8. The fourth-order valence-corrected chi connectivity index (χ4v) is 3.91. The second-order valence-electron chi connectivity index (χ2n) is 7.48. The molecule has 2 heterocycles. The minimum Gasteiger partial charge on any atom is -0.372 e. The zero-order chi connectivity index (χ0) is 20.4. The summed E-state index contributed by atoms with van der Waals surface area (Å²) in [6, 6.07) is 14.1. The van der Waals surface area contributed by atoms with E-state index >= 15 is 0 Å². The van der Waals surface area contributed by atoms with Gasteiger partial charge in [-0.3, -0.25) is 4.79 Å². The molecule has 0 radical (unpaired) electrons. The van der Waals surface area contributed by atoms with Gasteiger partial charge in [0.2, 0.25) is 0 Å². The molecule has 3 aromatic rings. The molecule has 1 aromatic heterocycles. The summed E-state index contributed by atoms with van der Waals surface area (Å²) in [5, 5.41) is 7.45. The molecule has 1 amide bonds. The Labute approximate surface area is 170 Å². The van der Waals surface area contributed by atoms with Crippen LogP contribution >= 0.6 is 0 Å². The minimum absolute atomic E-state index is 0.195. The highest BCUT2D eigenvalue weighted by Crippen LogP contribution is 2.23. The van der Waals surface area contributed by atoms with E-state index in [1.165, 1.54) is 37.1 Å². The first-order valence-electron chi connectivity index (χ1n) is 10.0. The van der Waals surface area contributed by atoms with E-state index < -0.39 is 0 Å². The lowest BCUT2D eigenvalue weighted by Crippen LogP contribution is -2.29. The Morgan fingerprint density at radius 1 is 0.931 bits per heavy atom. The van der Waals surface area contributed by atoms with Gasteiger partial charge in [0.15, 0.2) is 0 Å². The Hall–Kier alpha value is -3.15. The van der Waals surface area contributed by atoms with Crippen LogP contribution in [0.5, 0.6) is 0 Å². The number of amides is 1. The Kier molecular flexibility index (Phi) is 5.34. The van der Waals surface area contributed by atoms with Crippen LogP contribution < -0.4 is 10.2 Å². The summed E-state index contributed by atoms with van der Waals surface area (Å²) in [6.45, 7) is 5.83. The van der Waals surface area contributed by atoms with Crippen molar-refractivity contribution in [1.29, 1.82) is 0 Å². The van der Waals surface area contributed by atoms with Crippen LogP contribution in [0.1, 0.15) is 41.0 Å². The number of aryl methyl sites for hydroxylation is 1. The van der Waals surface area contributed by atoms with Crippen LogP contribution in [0.4, 0.5) is 15.8 Å². The van der Waals surface area contributed by atoms with Gasteiger partial charge in [-0.1, -0.05) is 0 Å². The molecule has 2 aromatic carbocycles. The van der Waals surface area contributed by atoms with Crippen molar-refractivity contribution in [3.05, 3.63) is 71.3 Å². The molecule has 0 unspecified atom stereocenters. The van der Waals surface area contributed by atoms with Gasteiger partial charge >= 0.3 is 0 Å². The molecule has 1 fully saturated rings. The highest BCUT2D eigenvalue weighted by molar-refractivity contribution is 6.06. The molecule has 0 saturated carbocycles. The van der Waals surface area contributed by atoms with E-state index in [1.807, 2.05) is 19.1 Å². The van der Waals surface area contributed by atoms with Crippen LogP contribution in [0.15, 0.2) is 48.5 Å². The van der Waals surface area contributed by atoms with E-state index in [9.17, 15) is 9.18 Å². The van der Waals surface area contributed by atoms with Gasteiger partial charge in [0.25, 0.3) is 5.91 Å². The number of rotatable bonds is 4. The summed E-state index contributed by atoms with van der Waals surface area (Å²) in [5.41, 5.74) is 4.56. The highest BCUT2D eigenvalue weighted by atomic mass is 19.1. The lowest BCUT2D eigenvalue weighted by Gasteiger charge is -2.28. The summed E-state index contributed by atoms with van der Waals surface area (Å²) in [5.74, 6) is -0.500. The highest BCUT2D eigenvalue weighted by Gasteiger charge is 2.20. The molecule has 5 nitrogen and oxygen atoms in total. The summed E-state index contributed by atoms with van der Waals surface area (Å²) in [6.07, 6.45) is 3.76. The first-order valence-corrected chi connectivity index (χ1v) is 10.0. The van der Waals surface area contributed by atoms with Gasteiger partial charge in [0.05, 0.1) is 22.6 Å². The summed E-state index contributed by atoms with van der Waals surface area (Å²) in [4.78, 5) is 15.3. The van der Waals surface area contributed by atoms with Gasteiger partial charge in [0.1, 0.15) is 5.82 Å². The van der Waals surface area contributed by atoms with Gasteiger partial charge in [-0.15, -0.1) is 0 Å². The van der Waals surface area contributed by atoms with Crippen molar-refractivity contribution in [3.8, 4) is 5.69 Å². The monoisotopic (exact) mass is 392 g/mol. The lowest BCUT2D eigenvalue weighted by atomic mass is 10.1. The first kappa shape index (κ1) is 19.2. The van der Waals surface area contributed by atoms with Crippen LogP contribution in [0.3, 0.4) is 0 Å². The summed E-state index contributed by atoms with van der Waals surface area (Å²) < 4.78 is 14.9. The van der Waals surface area contributed by atoms with E-state index in [0.29, 0.717) is 11.3 Å². The number of nitrogens with one attached hydrogen (secondary N) is 1. The maximum Gasteiger partial charge on any atom is 0.259 e. The fraction of sp³-hybridized carbons (Fsp3) is 0.304. The van der Waals surface area contributed by atoms with Gasteiger partial charge < -0.3 is 10.2 Å². The minimum atomic E-state index is -0.304. The summed E-state index contributed by atoms with van der Waals surface area (Å²) in [7, 11) is 0. The molecule has 150 valence electrons. The largest absolute Gasteiger partial charge is 0.372 e. The third-order valence-electron chi connectivity index (χ3n) is 5.44. The van der Waals surface area contributed by atoms with Crippen molar-refractivity contribution in [3.63, 3.8) is 0 Å². The van der Waals surface area contributed by atoms with Gasteiger partial charge in [-0.25, -0.2) is 9.07 Å². The number of aromatic nitrogens is 2. The second kappa shape index (κ2) is 8.07. The molecule has 1 aliphatic heterocycles. The van der Waals surface area contributed by atoms with E-state index in [2.05, 4.69) is 27.4 Å². The van der Waals surface area contributed by atoms with Crippen LogP contribution in [0.2, 0.25) is 0 Å². The molecule has 0 aliphatic carbocycles. The number of carbonyl (C=O) groups is 1. The number of piperidine rings is 1. The van der Waals surface area contributed by atoms with Crippen molar-refractivity contribution >= 4 is 17.3 Å². The topological polar surface area (TPSA) is 50.2 Å². The zero-order valence-electron chi connectivity index (χ0n) is 16.8. The third kappa shape index (κ3) is 4.01. The SMILES string of the molecule is Cc1nn(-c2ccc(F)cc2)c(C)c1C(=O)Nc1ccc(N2CCCCC2)cc1. The summed E-state index contributed by atoms with van der Waals surface area (Å²) >= 11 is 0. The Morgan fingerprint density at radius 2 is 1.55 bits per heavy atom. The maximum atomic E-state index is 13.2. The van der Waals surface area contributed by atoms with Crippen molar-refractivity contribution in [2.75, 3.05) is 23.3 Å². The quantitative estimate of drug-likeness (QED) is 0.689. The molecular weight excluding hydrogens is 367 g/mol. The van der Waals surface area contributed by atoms with Gasteiger partial charge in [0, 0.05) is 24.5 Å². The number of benzene rings is 2.